The highest BCUT2D eigenvalue weighted by Crippen LogP contribution is 2.04. The molecule has 1 aliphatic heterocycles. The quantitative estimate of drug-likeness (QED) is 0.526. The maximum atomic E-state index is 11.0. The van der Waals surface area contributed by atoms with Gasteiger partial charge in [0.15, 0.2) is 0 Å². The van der Waals surface area contributed by atoms with Crippen LogP contribution < -0.4 is 0 Å². The van der Waals surface area contributed by atoms with E-state index in [4.69, 9.17) is 14.9 Å². The number of carbonyl (C=O) groups excluding carboxylic acids is 3. The lowest BCUT2D eigenvalue weighted by atomic mass is 10.2. The summed E-state index contributed by atoms with van der Waals surface area (Å²) in [6, 6.07) is 18.8. The maximum Gasteiger partial charge on any atom is 0.314 e. The van der Waals surface area contributed by atoms with Crippen LogP contribution in [-0.2, 0) is 41.9 Å². The average Bonchev–Trinajstić information content (AvgIpc) is 3.15. The summed E-state index contributed by atoms with van der Waals surface area (Å²) in [4.78, 5) is 41.2. The Bertz CT molecular complexity index is 789. The number of carboxylic acid groups (broad SMARTS) is 1. The van der Waals surface area contributed by atoms with Gasteiger partial charge in [-0.3, -0.25) is 19.2 Å². The van der Waals surface area contributed by atoms with E-state index in [0.717, 1.165) is 11.1 Å². The van der Waals surface area contributed by atoms with Crippen LogP contribution in [0.25, 0.3) is 0 Å². The summed E-state index contributed by atoms with van der Waals surface area (Å²) >= 11 is 0. The van der Waals surface area contributed by atoms with E-state index in [1.807, 2.05) is 60.7 Å². The van der Waals surface area contributed by atoms with Gasteiger partial charge in [-0.25, -0.2) is 0 Å². The number of ether oxygens (including phenoxy) is 2. The smallest absolute Gasteiger partial charge is 0.314 e. The van der Waals surface area contributed by atoms with Gasteiger partial charge in [-0.15, -0.1) is 0 Å². The van der Waals surface area contributed by atoms with E-state index in [2.05, 4.69) is 4.74 Å². The van der Waals surface area contributed by atoms with Crippen molar-refractivity contribution >= 4 is 23.9 Å². The van der Waals surface area contributed by atoms with Gasteiger partial charge in [-0.2, -0.15) is 0 Å². The molecule has 1 heterocycles. The summed E-state index contributed by atoms with van der Waals surface area (Å²) in [5.41, 5.74) is 1.86. The van der Waals surface area contributed by atoms with Crippen LogP contribution in [0.5, 0.6) is 0 Å². The Balaban J connectivity index is 0.000000473. The highest BCUT2D eigenvalue weighted by Gasteiger charge is 2.19. The summed E-state index contributed by atoms with van der Waals surface area (Å²) in [5.74, 6) is -2.28. The normalized spacial score (nSPS) is 11.5. The van der Waals surface area contributed by atoms with Gasteiger partial charge < -0.3 is 19.7 Å². The van der Waals surface area contributed by atoms with Gasteiger partial charge in [0.05, 0.1) is 32.3 Å². The molecular formula is C23H28O8. The van der Waals surface area contributed by atoms with Crippen LogP contribution >= 0.6 is 0 Å². The number of hydrogen-bond donors (Lipinski definition) is 2. The lowest BCUT2D eigenvalue weighted by Crippen LogP contribution is -2.07. The third-order valence-corrected chi connectivity index (χ3v) is 3.57. The number of carboxylic acids is 1. The molecular weight excluding hydrogens is 404 g/mol. The Morgan fingerprint density at radius 2 is 1.32 bits per heavy atom. The van der Waals surface area contributed by atoms with E-state index in [9.17, 15) is 19.2 Å². The first-order chi connectivity index (χ1) is 14.4. The molecule has 3 rings (SSSR count). The van der Waals surface area contributed by atoms with Crippen molar-refractivity contribution < 1.29 is 38.9 Å². The third kappa shape index (κ3) is 14.2. The van der Waals surface area contributed by atoms with Gasteiger partial charge in [0.1, 0.15) is 6.61 Å². The van der Waals surface area contributed by atoms with Crippen molar-refractivity contribution in [3.05, 3.63) is 71.8 Å². The van der Waals surface area contributed by atoms with Crippen molar-refractivity contribution in [2.75, 3.05) is 0 Å². The number of hydrogen-bond acceptors (Lipinski definition) is 7. The molecule has 1 saturated heterocycles. The zero-order chi connectivity index (χ0) is 22.2. The average molecular weight is 432 g/mol. The van der Waals surface area contributed by atoms with Gasteiger partial charge in [0, 0.05) is 0 Å². The van der Waals surface area contributed by atoms with E-state index in [-0.39, 0.29) is 46.3 Å². The largest absolute Gasteiger partial charge is 0.481 e. The van der Waals surface area contributed by atoms with Gasteiger partial charge >= 0.3 is 23.9 Å². The maximum absolute atomic E-state index is 11.0. The van der Waals surface area contributed by atoms with Crippen molar-refractivity contribution in [1.82, 2.24) is 0 Å². The zero-order valence-corrected chi connectivity index (χ0v) is 16.4. The number of cyclic esters (lactones) is 2. The van der Waals surface area contributed by atoms with E-state index in [1.165, 1.54) is 0 Å². The monoisotopic (exact) mass is 432 g/mol. The van der Waals surface area contributed by atoms with Crippen molar-refractivity contribution in [3.8, 4) is 0 Å². The van der Waals surface area contributed by atoms with Crippen LogP contribution in [0.1, 0.15) is 44.2 Å². The highest BCUT2D eigenvalue weighted by molar-refractivity contribution is 5.92. The molecule has 0 amide bonds. The van der Waals surface area contributed by atoms with Crippen LogP contribution in [0.3, 0.4) is 0 Å². The van der Waals surface area contributed by atoms with Crippen LogP contribution in [0.15, 0.2) is 60.7 Å². The molecule has 0 unspecified atom stereocenters. The molecule has 8 nitrogen and oxygen atoms in total. The van der Waals surface area contributed by atoms with Crippen LogP contribution in [0.2, 0.25) is 0 Å². The Hall–Kier alpha value is -3.52. The Labute approximate surface area is 181 Å². The molecule has 2 aromatic rings. The van der Waals surface area contributed by atoms with Gasteiger partial charge in [-0.05, 0) is 11.1 Å². The molecule has 0 bridgehead atoms. The summed E-state index contributed by atoms with van der Waals surface area (Å²) in [7, 11) is 0. The molecule has 2 aromatic carbocycles. The lowest BCUT2D eigenvalue weighted by molar-refractivity contribution is -0.152. The number of esters is 3. The number of aliphatic carboxylic acids is 1. The molecule has 2 N–H and O–H groups in total. The first-order valence-corrected chi connectivity index (χ1v) is 9.20. The molecule has 8 heteroatoms. The molecule has 1 aliphatic rings. The molecule has 0 atom stereocenters. The Kier molecular flexibility index (Phi) is 14.4. The molecule has 1 fully saturated rings. The van der Waals surface area contributed by atoms with Gasteiger partial charge in [-0.1, -0.05) is 68.1 Å². The van der Waals surface area contributed by atoms with E-state index < -0.39 is 23.9 Å². The number of aliphatic hydroxyl groups is 1. The van der Waals surface area contributed by atoms with E-state index in [0.29, 0.717) is 0 Å². The SMILES string of the molecule is C.O=C(O)CCC(=O)OCc1ccccc1.O=C1CCC(=O)O1.OCc1ccccc1. The predicted molar refractivity (Wildman–Crippen MR) is 113 cm³/mol. The third-order valence-electron chi connectivity index (χ3n) is 3.57. The highest BCUT2D eigenvalue weighted by atomic mass is 16.6. The lowest BCUT2D eigenvalue weighted by Gasteiger charge is -2.03. The second-order valence-electron chi connectivity index (χ2n) is 6.03. The fraction of sp³-hybridized carbons (Fsp3) is 0.304. The first kappa shape index (κ1) is 27.5. The van der Waals surface area contributed by atoms with Crippen molar-refractivity contribution in [1.29, 1.82) is 0 Å². The van der Waals surface area contributed by atoms with Crippen LogP contribution in [-0.4, -0.2) is 34.1 Å². The standard InChI is InChI=1S/C11H12O4.C7H8O.C4H4O3.CH4/c12-10(13)6-7-11(14)15-8-9-4-2-1-3-5-9;8-6-7-4-2-1-3-5-7;5-3-1-2-4(6)7-3;/h1-5H,6-8H2,(H,12,13);1-5,8H,6H2;1-2H2;1H4. The summed E-state index contributed by atoms with van der Waals surface area (Å²) in [6.45, 7) is 0.333. The first-order valence-electron chi connectivity index (χ1n) is 9.20. The number of carbonyl (C=O) groups is 4. The second kappa shape index (κ2) is 16.3. The molecule has 0 aromatic heterocycles. The Morgan fingerprint density at radius 1 is 0.839 bits per heavy atom. The molecule has 0 saturated carbocycles. The van der Waals surface area contributed by atoms with Crippen LogP contribution in [0.4, 0.5) is 0 Å². The minimum Gasteiger partial charge on any atom is -0.481 e. The molecule has 0 spiro atoms. The Morgan fingerprint density at radius 3 is 1.68 bits per heavy atom. The van der Waals surface area contributed by atoms with Crippen molar-refractivity contribution in [2.45, 2.75) is 46.3 Å². The van der Waals surface area contributed by atoms with E-state index in [1.54, 1.807) is 0 Å². The summed E-state index contributed by atoms with van der Waals surface area (Å²) in [5, 5.41) is 16.9. The number of rotatable bonds is 6. The number of aliphatic hydroxyl groups excluding tert-OH is 1. The fourth-order valence-corrected chi connectivity index (χ4v) is 2.04. The summed E-state index contributed by atoms with van der Waals surface area (Å²) < 4.78 is 8.96. The molecule has 31 heavy (non-hydrogen) atoms. The molecule has 168 valence electrons. The van der Waals surface area contributed by atoms with E-state index >= 15 is 0 Å². The van der Waals surface area contributed by atoms with Crippen LogP contribution in [0, 0.1) is 0 Å². The fourth-order valence-electron chi connectivity index (χ4n) is 2.04. The zero-order valence-electron chi connectivity index (χ0n) is 16.4. The van der Waals surface area contributed by atoms with Gasteiger partial charge in [0.25, 0.3) is 0 Å². The molecule has 0 aliphatic carbocycles. The number of benzene rings is 2. The van der Waals surface area contributed by atoms with Crippen molar-refractivity contribution in [2.24, 2.45) is 0 Å². The topological polar surface area (TPSA) is 127 Å². The van der Waals surface area contributed by atoms with Crippen molar-refractivity contribution in [3.63, 3.8) is 0 Å². The summed E-state index contributed by atoms with van der Waals surface area (Å²) in [6.07, 6.45) is 0.257. The van der Waals surface area contributed by atoms with Gasteiger partial charge in [0.2, 0.25) is 0 Å². The predicted octanol–water partition coefficient (Wildman–Crippen LogP) is 3.26. The second-order valence-corrected chi connectivity index (χ2v) is 6.03. The minimum absolute atomic E-state index is 0. The minimum atomic E-state index is -0.994. The molecule has 0 radical (unpaired) electrons.